The molecule has 4 N–H and O–H groups in total. The van der Waals surface area contributed by atoms with Gasteiger partial charge in [0.25, 0.3) is 0 Å². The van der Waals surface area contributed by atoms with Gasteiger partial charge in [-0.05, 0) is 25.7 Å². The summed E-state index contributed by atoms with van der Waals surface area (Å²) in [5, 5.41) is 0. The maximum absolute atomic E-state index is 5.98. The van der Waals surface area contributed by atoms with Crippen molar-refractivity contribution < 1.29 is 0 Å². The monoisotopic (exact) mass is 200 g/mol. The second-order valence-corrected chi connectivity index (χ2v) is 4.36. The fourth-order valence-corrected chi connectivity index (χ4v) is 1.63. The lowest BCUT2D eigenvalue weighted by Gasteiger charge is -2.12. The predicted molar refractivity (Wildman–Crippen MR) is 64.2 cm³/mol. The molecule has 0 amide bonds. The third-order valence-corrected chi connectivity index (χ3v) is 2.85. The zero-order valence-electron chi connectivity index (χ0n) is 9.97. The van der Waals surface area contributed by atoms with Crippen LogP contribution in [0.4, 0.5) is 0 Å². The highest BCUT2D eigenvalue weighted by molar-refractivity contribution is 4.63. The first-order valence-electron chi connectivity index (χ1n) is 6.21. The van der Waals surface area contributed by atoms with Gasteiger partial charge >= 0.3 is 0 Å². The minimum Gasteiger partial charge on any atom is -0.328 e. The number of rotatable bonds is 9. The summed E-state index contributed by atoms with van der Waals surface area (Å²) in [7, 11) is 0. The summed E-state index contributed by atoms with van der Waals surface area (Å²) in [6.45, 7) is 4.37. The Labute approximate surface area is 89.4 Å². The summed E-state index contributed by atoms with van der Waals surface area (Å²) >= 11 is 0. The highest BCUT2D eigenvalue weighted by Gasteiger charge is 2.03. The Morgan fingerprint density at radius 3 is 1.79 bits per heavy atom. The van der Waals surface area contributed by atoms with Gasteiger partial charge in [-0.25, -0.2) is 0 Å². The number of hydrogen-bond acceptors (Lipinski definition) is 2. The third kappa shape index (κ3) is 8.52. The molecule has 2 heteroatoms. The molecule has 0 rings (SSSR count). The van der Waals surface area contributed by atoms with Gasteiger partial charge in [-0.3, -0.25) is 0 Å². The molecule has 2 nitrogen and oxygen atoms in total. The maximum Gasteiger partial charge on any atom is 0.00388 e. The Kier molecular flexibility index (Phi) is 9.42. The van der Waals surface area contributed by atoms with E-state index in [1.54, 1.807) is 0 Å². The Morgan fingerprint density at radius 1 is 0.786 bits per heavy atom. The quantitative estimate of drug-likeness (QED) is 0.562. The first-order chi connectivity index (χ1) is 6.70. The van der Waals surface area contributed by atoms with E-state index in [1.165, 1.54) is 38.5 Å². The molecule has 0 aromatic carbocycles. The SMILES string of the molecule is CCCCC(N)CCCCC(N)CC. The first-order valence-corrected chi connectivity index (χ1v) is 6.21. The maximum atomic E-state index is 5.98. The normalized spacial score (nSPS) is 15.4. The molecule has 2 atom stereocenters. The fourth-order valence-electron chi connectivity index (χ4n) is 1.63. The average molecular weight is 200 g/mol. The van der Waals surface area contributed by atoms with E-state index in [1.807, 2.05) is 0 Å². The van der Waals surface area contributed by atoms with Crippen molar-refractivity contribution in [2.24, 2.45) is 11.5 Å². The van der Waals surface area contributed by atoms with Crippen LogP contribution in [-0.2, 0) is 0 Å². The van der Waals surface area contributed by atoms with Crippen LogP contribution in [0.5, 0.6) is 0 Å². The first kappa shape index (κ1) is 13.9. The van der Waals surface area contributed by atoms with Gasteiger partial charge in [0.2, 0.25) is 0 Å². The largest absolute Gasteiger partial charge is 0.328 e. The molecule has 0 saturated heterocycles. The van der Waals surface area contributed by atoms with E-state index in [2.05, 4.69) is 13.8 Å². The van der Waals surface area contributed by atoms with Crippen molar-refractivity contribution in [2.75, 3.05) is 0 Å². The van der Waals surface area contributed by atoms with Crippen molar-refractivity contribution in [1.82, 2.24) is 0 Å². The second-order valence-electron chi connectivity index (χ2n) is 4.36. The van der Waals surface area contributed by atoms with Crippen LogP contribution in [0.15, 0.2) is 0 Å². The van der Waals surface area contributed by atoms with Crippen LogP contribution in [0.2, 0.25) is 0 Å². The van der Waals surface area contributed by atoms with E-state index in [4.69, 9.17) is 11.5 Å². The van der Waals surface area contributed by atoms with E-state index in [-0.39, 0.29) is 0 Å². The Bertz CT molecular complexity index is 115. The van der Waals surface area contributed by atoms with Crippen molar-refractivity contribution in [3.63, 3.8) is 0 Å². The Morgan fingerprint density at radius 2 is 1.29 bits per heavy atom. The highest BCUT2D eigenvalue weighted by atomic mass is 14.6. The van der Waals surface area contributed by atoms with Gasteiger partial charge in [0.15, 0.2) is 0 Å². The molecule has 0 bridgehead atoms. The number of hydrogen-bond donors (Lipinski definition) is 2. The Hall–Kier alpha value is -0.0800. The molecule has 0 aromatic heterocycles. The van der Waals surface area contributed by atoms with Crippen LogP contribution in [0, 0.1) is 0 Å². The zero-order valence-corrected chi connectivity index (χ0v) is 9.97. The molecule has 0 fully saturated rings. The van der Waals surface area contributed by atoms with Crippen LogP contribution in [0.25, 0.3) is 0 Å². The molecule has 0 aliphatic heterocycles. The molecule has 0 spiro atoms. The summed E-state index contributed by atoms with van der Waals surface area (Å²) < 4.78 is 0. The average Bonchev–Trinajstić information content (AvgIpc) is 2.21. The number of nitrogens with two attached hydrogens (primary N) is 2. The van der Waals surface area contributed by atoms with E-state index >= 15 is 0 Å². The molecule has 0 heterocycles. The number of unbranched alkanes of at least 4 members (excludes halogenated alkanes) is 2. The third-order valence-electron chi connectivity index (χ3n) is 2.85. The van der Waals surface area contributed by atoms with Crippen LogP contribution in [0.3, 0.4) is 0 Å². The highest BCUT2D eigenvalue weighted by Crippen LogP contribution is 2.09. The van der Waals surface area contributed by atoms with Crippen LogP contribution in [-0.4, -0.2) is 12.1 Å². The summed E-state index contributed by atoms with van der Waals surface area (Å²) in [5.74, 6) is 0. The van der Waals surface area contributed by atoms with E-state index in [9.17, 15) is 0 Å². The van der Waals surface area contributed by atoms with Crippen molar-refractivity contribution in [3.05, 3.63) is 0 Å². The molecule has 0 aliphatic carbocycles. The van der Waals surface area contributed by atoms with E-state index in [0.717, 1.165) is 12.8 Å². The smallest absolute Gasteiger partial charge is 0.00388 e. The van der Waals surface area contributed by atoms with Gasteiger partial charge < -0.3 is 11.5 Å². The topological polar surface area (TPSA) is 52.0 Å². The lowest BCUT2D eigenvalue weighted by Crippen LogP contribution is -2.21. The van der Waals surface area contributed by atoms with E-state index < -0.39 is 0 Å². The zero-order chi connectivity index (χ0) is 10.8. The van der Waals surface area contributed by atoms with Gasteiger partial charge in [0, 0.05) is 12.1 Å². The van der Waals surface area contributed by atoms with Crippen molar-refractivity contribution in [3.8, 4) is 0 Å². The second kappa shape index (κ2) is 9.47. The molecular weight excluding hydrogens is 172 g/mol. The molecular formula is C12H28N2. The van der Waals surface area contributed by atoms with Gasteiger partial charge in [0.1, 0.15) is 0 Å². The van der Waals surface area contributed by atoms with Gasteiger partial charge in [-0.1, -0.05) is 39.5 Å². The van der Waals surface area contributed by atoms with Gasteiger partial charge in [0.05, 0.1) is 0 Å². The standard InChI is InChI=1S/C12H28N2/c1-3-5-8-12(14)10-7-6-9-11(13)4-2/h11-12H,3-10,13-14H2,1-2H3. The molecule has 0 radical (unpaired) electrons. The fraction of sp³-hybridized carbons (Fsp3) is 1.00. The molecule has 86 valence electrons. The molecule has 0 saturated carbocycles. The van der Waals surface area contributed by atoms with Crippen LogP contribution in [0.1, 0.15) is 65.2 Å². The summed E-state index contributed by atoms with van der Waals surface area (Å²) in [6.07, 6.45) is 9.66. The molecule has 0 aliphatic rings. The van der Waals surface area contributed by atoms with Crippen molar-refractivity contribution >= 4 is 0 Å². The summed E-state index contributed by atoms with van der Waals surface area (Å²) in [5.41, 5.74) is 11.8. The lowest BCUT2D eigenvalue weighted by atomic mass is 10.0. The molecule has 0 aromatic rings. The van der Waals surface area contributed by atoms with Gasteiger partial charge in [-0.2, -0.15) is 0 Å². The molecule has 14 heavy (non-hydrogen) atoms. The summed E-state index contributed by atoms with van der Waals surface area (Å²) in [4.78, 5) is 0. The molecule has 2 unspecified atom stereocenters. The van der Waals surface area contributed by atoms with Crippen molar-refractivity contribution in [1.29, 1.82) is 0 Å². The van der Waals surface area contributed by atoms with Crippen LogP contribution >= 0.6 is 0 Å². The lowest BCUT2D eigenvalue weighted by molar-refractivity contribution is 0.484. The van der Waals surface area contributed by atoms with Gasteiger partial charge in [-0.15, -0.1) is 0 Å². The Balaban J connectivity index is 3.18. The van der Waals surface area contributed by atoms with Crippen molar-refractivity contribution in [2.45, 2.75) is 77.3 Å². The minimum atomic E-state index is 0.405. The summed E-state index contributed by atoms with van der Waals surface area (Å²) in [6, 6.07) is 0.828. The van der Waals surface area contributed by atoms with Crippen LogP contribution < -0.4 is 11.5 Å². The minimum absolute atomic E-state index is 0.405. The van der Waals surface area contributed by atoms with E-state index in [0.29, 0.717) is 12.1 Å². The predicted octanol–water partition coefficient (Wildman–Crippen LogP) is 2.80.